The Labute approximate surface area is 72.3 Å². The second-order valence-corrected chi connectivity index (χ2v) is 6.03. The van der Waals surface area contributed by atoms with E-state index in [2.05, 4.69) is 6.07 Å². The average Bonchev–Trinajstić information content (AvgIpc) is 2.80. The number of nitrogens with zero attached hydrogens (tertiary/aromatic N) is 1. The fourth-order valence-electron chi connectivity index (χ4n) is 1.80. The van der Waals surface area contributed by atoms with Crippen molar-refractivity contribution in [3.05, 3.63) is 0 Å². The SMILES string of the molecule is N#CC(C1CC1)C1CCS1(=O)=O. The molecule has 3 nitrogen and oxygen atoms in total. The van der Waals surface area contributed by atoms with Crippen LogP contribution in [-0.2, 0) is 9.84 Å². The predicted molar refractivity (Wildman–Crippen MR) is 44.0 cm³/mol. The van der Waals surface area contributed by atoms with E-state index >= 15 is 0 Å². The summed E-state index contributed by atoms with van der Waals surface area (Å²) in [6.45, 7) is 0. The minimum atomic E-state index is -2.86. The van der Waals surface area contributed by atoms with Crippen molar-refractivity contribution in [2.45, 2.75) is 24.5 Å². The molecule has 0 radical (unpaired) electrons. The first-order chi connectivity index (χ1) is 5.65. The molecule has 2 atom stereocenters. The minimum Gasteiger partial charge on any atom is -0.229 e. The van der Waals surface area contributed by atoms with Crippen LogP contribution in [0, 0.1) is 23.2 Å². The second kappa shape index (κ2) is 2.46. The molecular formula is C8H11NO2S. The van der Waals surface area contributed by atoms with Crippen molar-refractivity contribution in [1.29, 1.82) is 5.26 Å². The molecule has 1 saturated heterocycles. The highest BCUT2D eigenvalue weighted by molar-refractivity contribution is 7.93. The van der Waals surface area contributed by atoms with Crippen LogP contribution >= 0.6 is 0 Å². The lowest BCUT2D eigenvalue weighted by molar-refractivity contribution is 0.466. The smallest absolute Gasteiger partial charge is 0.154 e. The van der Waals surface area contributed by atoms with Crippen LogP contribution in [0.2, 0.25) is 0 Å². The summed E-state index contributed by atoms with van der Waals surface area (Å²) in [5.41, 5.74) is 0. The van der Waals surface area contributed by atoms with Gasteiger partial charge in [-0.2, -0.15) is 5.26 Å². The van der Waals surface area contributed by atoms with Gasteiger partial charge in [0.2, 0.25) is 0 Å². The molecule has 2 aliphatic rings. The zero-order chi connectivity index (χ0) is 8.77. The molecule has 0 amide bonds. The molecule has 0 aromatic heterocycles. The van der Waals surface area contributed by atoms with E-state index in [0.717, 1.165) is 12.8 Å². The van der Waals surface area contributed by atoms with E-state index in [-0.39, 0.29) is 11.2 Å². The maximum Gasteiger partial charge on any atom is 0.154 e. The van der Waals surface area contributed by atoms with Gasteiger partial charge in [0, 0.05) is 0 Å². The Morgan fingerprint density at radius 1 is 1.33 bits per heavy atom. The molecule has 1 aliphatic heterocycles. The molecule has 0 aromatic rings. The lowest BCUT2D eigenvalue weighted by Crippen LogP contribution is -2.42. The van der Waals surface area contributed by atoms with Crippen LogP contribution in [0.3, 0.4) is 0 Å². The molecule has 1 heterocycles. The Hall–Kier alpha value is -0.560. The van der Waals surface area contributed by atoms with Crippen molar-refractivity contribution < 1.29 is 8.42 Å². The van der Waals surface area contributed by atoms with Gasteiger partial charge in [-0.3, -0.25) is 0 Å². The van der Waals surface area contributed by atoms with Crippen molar-refractivity contribution in [3.63, 3.8) is 0 Å². The van der Waals surface area contributed by atoms with Gasteiger partial charge in [-0.05, 0) is 25.2 Å². The van der Waals surface area contributed by atoms with E-state index in [4.69, 9.17) is 5.26 Å². The molecular weight excluding hydrogens is 174 g/mol. The van der Waals surface area contributed by atoms with Gasteiger partial charge in [-0.25, -0.2) is 8.42 Å². The van der Waals surface area contributed by atoms with Crippen LogP contribution in [0.4, 0.5) is 0 Å². The highest BCUT2D eigenvalue weighted by atomic mass is 32.2. The molecule has 1 saturated carbocycles. The molecule has 12 heavy (non-hydrogen) atoms. The quantitative estimate of drug-likeness (QED) is 0.637. The lowest BCUT2D eigenvalue weighted by Gasteiger charge is -2.29. The molecule has 1 aliphatic carbocycles. The fraction of sp³-hybridized carbons (Fsp3) is 0.875. The Balaban J connectivity index is 2.13. The van der Waals surface area contributed by atoms with E-state index in [1.165, 1.54) is 0 Å². The van der Waals surface area contributed by atoms with Crippen LogP contribution in [0.1, 0.15) is 19.3 Å². The van der Waals surface area contributed by atoms with Crippen LogP contribution < -0.4 is 0 Å². The van der Waals surface area contributed by atoms with Crippen LogP contribution in [0.25, 0.3) is 0 Å². The van der Waals surface area contributed by atoms with Gasteiger partial charge >= 0.3 is 0 Å². The molecule has 0 aromatic carbocycles. The van der Waals surface area contributed by atoms with Gasteiger partial charge in [-0.15, -0.1) is 0 Å². The van der Waals surface area contributed by atoms with E-state index in [1.807, 2.05) is 0 Å². The third-order valence-electron chi connectivity index (χ3n) is 2.83. The normalized spacial score (nSPS) is 34.8. The summed E-state index contributed by atoms with van der Waals surface area (Å²) < 4.78 is 22.4. The molecule has 2 rings (SSSR count). The molecule has 0 bridgehead atoms. The van der Waals surface area contributed by atoms with Gasteiger partial charge < -0.3 is 0 Å². The highest BCUT2D eigenvalue weighted by Gasteiger charge is 2.47. The molecule has 2 fully saturated rings. The van der Waals surface area contributed by atoms with Crippen molar-refractivity contribution in [2.24, 2.45) is 11.8 Å². The number of rotatable bonds is 2. The van der Waals surface area contributed by atoms with Crippen LogP contribution in [-0.4, -0.2) is 19.4 Å². The maximum atomic E-state index is 11.2. The van der Waals surface area contributed by atoms with Crippen LogP contribution in [0.15, 0.2) is 0 Å². The third-order valence-corrected chi connectivity index (χ3v) is 5.08. The van der Waals surface area contributed by atoms with E-state index in [0.29, 0.717) is 18.1 Å². The zero-order valence-electron chi connectivity index (χ0n) is 6.73. The van der Waals surface area contributed by atoms with E-state index in [1.54, 1.807) is 0 Å². The largest absolute Gasteiger partial charge is 0.229 e. The molecule has 2 unspecified atom stereocenters. The third kappa shape index (κ3) is 1.13. The zero-order valence-corrected chi connectivity index (χ0v) is 7.55. The van der Waals surface area contributed by atoms with Crippen molar-refractivity contribution >= 4 is 9.84 Å². The fourth-order valence-corrected chi connectivity index (χ4v) is 3.42. The van der Waals surface area contributed by atoms with Gasteiger partial charge in [-0.1, -0.05) is 0 Å². The van der Waals surface area contributed by atoms with Gasteiger partial charge in [0.15, 0.2) is 9.84 Å². The molecule has 66 valence electrons. The van der Waals surface area contributed by atoms with E-state index in [9.17, 15) is 8.42 Å². The maximum absolute atomic E-state index is 11.2. The summed E-state index contributed by atoms with van der Waals surface area (Å²) in [5, 5.41) is 8.47. The van der Waals surface area contributed by atoms with Gasteiger partial charge in [0.25, 0.3) is 0 Å². The molecule has 0 spiro atoms. The first kappa shape index (κ1) is 8.06. The van der Waals surface area contributed by atoms with Crippen molar-refractivity contribution in [2.75, 3.05) is 5.75 Å². The summed E-state index contributed by atoms with van der Waals surface area (Å²) in [6.07, 6.45) is 2.80. The molecule has 0 N–H and O–H groups in total. The lowest BCUT2D eigenvalue weighted by atomic mass is 9.99. The number of sulfone groups is 1. The minimum absolute atomic E-state index is 0.205. The predicted octanol–water partition coefficient (Wildman–Crippen LogP) is 0.723. The summed E-state index contributed by atoms with van der Waals surface area (Å²) in [4.78, 5) is 0. The average molecular weight is 185 g/mol. The van der Waals surface area contributed by atoms with E-state index < -0.39 is 9.84 Å². The highest BCUT2D eigenvalue weighted by Crippen LogP contribution is 2.43. The first-order valence-electron chi connectivity index (χ1n) is 4.26. The Bertz CT molecular complexity index is 323. The van der Waals surface area contributed by atoms with Crippen molar-refractivity contribution in [3.8, 4) is 6.07 Å². The van der Waals surface area contributed by atoms with Gasteiger partial charge in [0.1, 0.15) is 0 Å². The Morgan fingerprint density at radius 2 is 2.00 bits per heavy atom. The number of hydrogen-bond donors (Lipinski definition) is 0. The summed E-state index contributed by atoms with van der Waals surface area (Å²) in [6, 6.07) is 2.14. The summed E-state index contributed by atoms with van der Waals surface area (Å²) in [5.74, 6) is 0.474. The van der Waals surface area contributed by atoms with Crippen LogP contribution in [0.5, 0.6) is 0 Å². The first-order valence-corrected chi connectivity index (χ1v) is 5.98. The summed E-state index contributed by atoms with van der Waals surface area (Å²) >= 11 is 0. The van der Waals surface area contributed by atoms with Gasteiger partial charge in [0.05, 0.1) is 23.0 Å². The molecule has 4 heteroatoms. The second-order valence-electron chi connectivity index (χ2n) is 3.69. The standard InChI is InChI=1S/C8H11NO2S/c9-5-7(6-1-2-6)8-3-4-12(8,10)11/h6-8H,1-4H2. The van der Waals surface area contributed by atoms with Crippen molar-refractivity contribution in [1.82, 2.24) is 0 Å². The number of hydrogen-bond acceptors (Lipinski definition) is 3. The monoisotopic (exact) mass is 185 g/mol. The topological polar surface area (TPSA) is 57.9 Å². The Morgan fingerprint density at radius 3 is 2.25 bits per heavy atom. The Kier molecular flexibility index (Phi) is 1.65. The number of nitriles is 1. The summed E-state index contributed by atoms with van der Waals surface area (Å²) in [7, 11) is -2.86.